The molecule has 3 nitrogen and oxygen atoms in total. The maximum atomic E-state index is 12.1. The molecule has 2 aromatic carbocycles. The van der Waals surface area contributed by atoms with Gasteiger partial charge in [0.15, 0.2) is 0 Å². The zero-order valence-electron chi connectivity index (χ0n) is 13.1. The van der Waals surface area contributed by atoms with Crippen LogP contribution in [0.1, 0.15) is 30.9 Å². The van der Waals surface area contributed by atoms with Crippen LogP contribution in [0.25, 0.3) is 0 Å². The number of hydrogen-bond acceptors (Lipinski definition) is 2. The van der Waals surface area contributed by atoms with Crippen molar-refractivity contribution in [3.05, 3.63) is 58.1 Å². The summed E-state index contributed by atoms with van der Waals surface area (Å²) in [6, 6.07) is 13.8. The van der Waals surface area contributed by atoms with Gasteiger partial charge < -0.3 is 10.6 Å². The molecule has 2 aromatic rings. The second-order valence-corrected chi connectivity index (χ2v) is 6.52. The summed E-state index contributed by atoms with van der Waals surface area (Å²) in [7, 11) is 0. The topological polar surface area (TPSA) is 41.1 Å². The van der Waals surface area contributed by atoms with Crippen LogP contribution in [0.15, 0.2) is 46.9 Å². The highest BCUT2D eigenvalue weighted by Crippen LogP contribution is 2.27. The van der Waals surface area contributed by atoms with Crippen molar-refractivity contribution in [2.24, 2.45) is 0 Å². The van der Waals surface area contributed by atoms with Crippen LogP contribution in [0.4, 0.5) is 11.4 Å². The van der Waals surface area contributed by atoms with Crippen molar-refractivity contribution in [2.75, 3.05) is 17.2 Å². The third-order valence-corrected chi connectivity index (χ3v) is 3.95. The summed E-state index contributed by atoms with van der Waals surface area (Å²) in [6.07, 6.45) is 0. The first-order valence-corrected chi connectivity index (χ1v) is 8.15. The first-order chi connectivity index (χ1) is 10.5. The van der Waals surface area contributed by atoms with E-state index in [4.69, 9.17) is 0 Å². The van der Waals surface area contributed by atoms with Crippen molar-refractivity contribution < 1.29 is 4.79 Å². The molecule has 1 amide bonds. The van der Waals surface area contributed by atoms with E-state index >= 15 is 0 Å². The largest absolute Gasteiger partial charge is 0.376 e. The van der Waals surface area contributed by atoms with Gasteiger partial charge >= 0.3 is 0 Å². The number of anilines is 2. The Kier molecular flexibility index (Phi) is 5.61. The number of nitrogens with one attached hydrogen (secondary N) is 2. The minimum atomic E-state index is -0.0592. The molecule has 0 aliphatic carbocycles. The highest BCUT2D eigenvalue weighted by Gasteiger charge is 2.10. The number of halogens is 1. The van der Waals surface area contributed by atoms with Crippen LogP contribution in [0.3, 0.4) is 0 Å². The van der Waals surface area contributed by atoms with Gasteiger partial charge in [0.2, 0.25) is 5.91 Å². The Morgan fingerprint density at radius 1 is 1.18 bits per heavy atom. The van der Waals surface area contributed by atoms with E-state index in [1.54, 1.807) is 0 Å². The third kappa shape index (κ3) is 4.34. The molecule has 0 aliphatic heterocycles. The van der Waals surface area contributed by atoms with E-state index in [0.717, 1.165) is 21.4 Å². The summed E-state index contributed by atoms with van der Waals surface area (Å²) >= 11 is 3.40. The number of hydrogen-bond donors (Lipinski definition) is 2. The molecule has 4 heteroatoms. The Bertz CT molecular complexity index is 668. The third-order valence-electron chi connectivity index (χ3n) is 3.46. The fourth-order valence-corrected chi connectivity index (χ4v) is 2.75. The van der Waals surface area contributed by atoms with E-state index in [2.05, 4.69) is 65.5 Å². The first-order valence-electron chi connectivity index (χ1n) is 7.36. The summed E-state index contributed by atoms with van der Waals surface area (Å²) in [4.78, 5) is 12.1. The standard InChI is InChI=1S/C18H21BrN2O/c1-12(2)16-9-4-6-13(3)18(16)20-11-17(22)21-15-8-5-7-14(19)10-15/h4-10,12,20H,11H2,1-3H3,(H,21,22). The van der Waals surface area contributed by atoms with Gasteiger partial charge in [-0.25, -0.2) is 0 Å². The maximum Gasteiger partial charge on any atom is 0.243 e. The predicted octanol–water partition coefficient (Wildman–Crippen LogP) is 4.93. The lowest BCUT2D eigenvalue weighted by Crippen LogP contribution is -2.22. The molecule has 0 fully saturated rings. The van der Waals surface area contributed by atoms with Gasteiger partial charge in [0.25, 0.3) is 0 Å². The number of para-hydroxylation sites is 1. The van der Waals surface area contributed by atoms with E-state index in [0.29, 0.717) is 5.92 Å². The monoisotopic (exact) mass is 360 g/mol. The molecule has 0 saturated carbocycles. The molecule has 0 saturated heterocycles. The van der Waals surface area contributed by atoms with Crippen molar-refractivity contribution in [1.82, 2.24) is 0 Å². The van der Waals surface area contributed by atoms with E-state index in [1.165, 1.54) is 5.56 Å². The van der Waals surface area contributed by atoms with Crippen LogP contribution >= 0.6 is 15.9 Å². The summed E-state index contributed by atoms with van der Waals surface area (Å²) < 4.78 is 0.944. The fourth-order valence-electron chi connectivity index (χ4n) is 2.35. The van der Waals surface area contributed by atoms with Crippen LogP contribution in [0.5, 0.6) is 0 Å². The van der Waals surface area contributed by atoms with Gasteiger partial charge in [-0.2, -0.15) is 0 Å². The lowest BCUT2D eigenvalue weighted by Gasteiger charge is -2.17. The normalized spacial score (nSPS) is 10.6. The van der Waals surface area contributed by atoms with Crippen LogP contribution in [0.2, 0.25) is 0 Å². The van der Waals surface area contributed by atoms with Crippen molar-refractivity contribution in [1.29, 1.82) is 0 Å². The molecular weight excluding hydrogens is 340 g/mol. The number of aryl methyl sites for hydroxylation is 1. The Balaban J connectivity index is 2.03. The van der Waals surface area contributed by atoms with Crippen LogP contribution < -0.4 is 10.6 Å². The van der Waals surface area contributed by atoms with E-state index in [-0.39, 0.29) is 12.5 Å². The lowest BCUT2D eigenvalue weighted by atomic mass is 9.98. The predicted molar refractivity (Wildman–Crippen MR) is 96.5 cm³/mol. The Morgan fingerprint density at radius 3 is 2.59 bits per heavy atom. The van der Waals surface area contributed by atoms with Gasteiger partial charge in [0, 0.05) is 15.8 Å². The highest BCUT2D eigenvalue weighted by molar-refractivity contribution is 9.10. The van der Waals surface area contributed by atoms with E-state index in [1.807, 2.05) is 24.3 Å². The van der Waals surface area contributed by atoms with Crippen molar-refractivity contribution in [2.45, 2.75) is 26.7 Å². The summed E-state index contributed by atoms with van der Waals surface area (Å²) in [5.74, 6) is 0.353. The van der Waals surface area contributed by atoms with E-state index < -0.39 is 0 Å². The van der Waals surface area contributed by atoms with Gasteiger partial charge in [0.05, 0.1) is 6.54 Å². The average Bonchev–Trinajstić information content (AvgIpc) is 2.45. The first kappa shape index (κ1) is 16.6. The Hall–Kier alpha value is -1.81. The molecule has 22 heavy (non-hydrogen) atoms. The molecule has 0 heterocycles. The van der Waals surface area contributed by atoms with Crippen LogP contribution in [-0.2, 0) is 4.79 Å². The molecule has 0 aromatic heterocycles. The van der Waals surface area contributed by atoms with Crippen molar-refractivity contribution in [3.8, 4) is 0 Å². The molecule has 116 valence electrons. The van der Waals surface area contributed by atoms with Crippen molar-refractivity contribution >= 4 is 33.2 Å². The molecule has 0 aliphatic rings. The Labute approximate surface area is 140 Å². The molecule has 0 atom stereocenters. The summed E-state index contributed by atoms with van der Waals surface area (Å²) in [6.45, 7) is 6.61. The minimum absolute atomic E-state index is 0.0592. The minimum Gasteiger partial charge on any atom is -0.376 e. The lowest BCUT2D eigenvalue weighted by molar-refractivity contribution is -0.114. The zero-order valence-corrected chi connectivity index (χ0v) is 14.7. The quantitative estimate of drug-likeness (QED) is 0.793. The molecule has 0 radical (unpaired) electrons. The number of carbonyl (C=O) groups excluding carboxylic acids is 1. The average molecular weight is 361 g/mol. The smallest absolute Gasteiger partial charge is 0.243 e. The number of rotatable bonds is 5. The molecule has 0 spiro atoms. The number of amides is 1. The highest BCUT2D eigenvalue weighted by atomic mass is 79.9. The second-order valence-electron chi connectivity index (χ2n) is 5.61. The van der Waals surface area contributed by atoms with Crippen LogP contribution in [0, 0.1) is 6.92 Å². The van der Waals surface area contributed by atoms with Gasteiger partial charge in [-0.3, -0.25) is 4.79 Å². The molecule has 0 unspecified atom stereocenters. The zero-order chi connectivity index (χ0) is 16.1. The van der Waals surface area contributed by atoms with Gasteiger partial charge in [-0.1, -0.05) is 54.0 Å². The van der Waals surface area contributed by atoms with Crippen molar-refractivity contribution in [3.63, 3.8) is 0 Å². The number of carbonyl (C=O) groups is 1. The molecule has 2 N–H and O–H groups in total. The van der Waals surface area contributed by atoms with Gasteiger partial charge in [-0.15, -0.1) is 0 Å². The van der Waals surface area contributed by atoms with Crippen LogP contribution in [-0.4, -0.2) is 12.5 Å². The second kappa shape index (κ2) is 7.45. The fraction of sp³-hybridized carbons (Fsp3) is 0.278. The van der Waals surface area contributed by atoms with Gasteiger partial charge in [0.1, 0.15) is 0 Å². The van der Waals surface area contributed by atoms with E-state index in [9.17, 15) is 4.79 Å². The Morgan fingerprint density at radius 2 is 1.91 bits per heavy atom. The summed E-state index contributed by atoms with van der Waals surface area (Å²) in [5.41, 5.74) is 4.23. The number of benzene rings is 2. The molecule has 0 bridgehead atoms. The molecule has 2 rings (SSSR count). The molecular formula is C18H21BrN2O. The summed E-state index contributed by atoms with van der Waals surface area (Å²) in [5, 5.41) is 6.16. The SMILES string of the molecule is Cc1cccc(C(C)C)c1NCC(=O)Nc1cccc(Br)c1. The maximum absolute atomic E-state index is 12.1. The van der Waals surface area contributed by atoms with Gasteiger partial charge in [-0.05, 0) is 42.2 Å².